The summed E-state index contributed by atoms with van der Waals surface area (Å²) in [6.07, 6.45) is 0.197. The molecule has 0 atom stereocenters. The van der Waals surface area contributed by atoms with E-state index >= 15 is 0 Å². The van der Waals surface area contributed by atoms with Gasteiger partial charge in [0, 0.05) is 39.8 Å². The fraction of sp³-hybridized carbons (Fsp3) is 0.125. The first-order valence-corrected chi connectivity index (χ1v) is 8.54. The highest BCUT2D eigenvalue weighted by atomic mass is 35.5. The van der Waals surface area contributed by atoms with Crippen LogP contribution in [-0.4, -0.2) is 22.5 Å². The number of nitro benzene ring substituents is 1. The number of thioether (sulfide) groups is 1. The van der Waals surface area contributed by atoms with Gasteiger partial charge < -0.3 is 0 Å². The van der Waals surface area contributed by atoms with Crippen LogP contribution in [0.4, 0.5) is 5.69 Å². The van der Waals surface area contributed by atoms with Gasteiger partial charge in [-0.15, -0.1) is 11.8 Å². The molecule has 0 heterocycles. The maximum absolute atomic E-state index is 11.9. The molecule has 0 aliphatic carbocycles. The molecule has 0 aliphatic rings. The third-order valence-corrected chi connectivity index (χ3v) is 4.31. The van der Waals surface area contributed by atoms with Crippen LogP contribution in [0.2, 0.25) is 5.02 Å². The minimum absolute atomic E-state index is 0.0880. The lowest BCUT2D eigenvalue weighted by molar-refractivity contribution is -0.384. The topological polar surface area (TPSA) is 101 Å². The maximum atomic E-state index is 11.9. The van der Waals surface area contributed by atoms with Gasteiger partial charge in [0.2, 0.25) is 5.91 Å². The van der Waals surface area contributed by atoms with Gasteiger partial charge in [-0.1, -0.05) is 17.7 Å². The van der Waals surface area contributed by atoms with Crippen molar-refractivity contribution < 1.29 is 14.5 Å². The molecule has 2 N–H and O–H groups in total. The lowest BCUT2D eigenvalue weighted by Crippen LogP contribution is -2.41. The third kappa shape index (κ3) is 6.09. The average Bonchev–Trinajstić information content (AvgIpc) is 2.61. The highest BCUT2D eigenvalue weighted by Gasteiger charge is 2.12. The highest BCUT2D eigenvalue weighted by Crippen LogP contribution is 2.20. The number of nitrogens with zero attached hydrogens (tertiary/aromatic N) is 1. The molecule has 2 rings (SSSR count). The molecule has 2 aromatic carbocycles. The first-order chi connectivity index (χ1) is 12.0. The van der Waals surface area contributed by atoms with Crippen molar-refractivity contribution in [3.05, 3.63) is 69.2 Å². The summed E-state index contributed by atoms with van der Waals surface area (Å²) in [6.45, 7) is 0. The number of carbonyl (C=O) groups is 2. The summed E-state index contributed by atoms with van der Waals surface area (Å²) in [6, 6.07) is 12.5. The van der Waals surface area contributed by atoms with E-state index in [1.54, 1.807) is 12.1 Å². The smallest absolute Gasteiger partial charge is 0.270 e. The lowest BCUT2D eigenvalue weighted by atomic mass is 10.2. The summed E-state index contributed by atoms with van der Waals surface area (Å²) < 4.78 is 0. The van der Waals surface area contributed by atoms with Crippen LogP contribution >= 0.6 is 23.4 Å². The second-order valence-electron chi connectivity index (χ2n) is 4.86. The number of hydrogen-bond acceptors (Lipinski definition) is 5. The van der Waals surface area contributed by atoms with Crippen LogP contribution in [0, 0.1) is 10.1 Å². The molecule has 0 spiro atoms. The molecular formula is C16H14ClN3O4S. The van der Waals surface area contributed by atoms with Crippen molar-refractivity contribution >= 4 is 40.9 Å². The predicted molar refractivity (Wildman–Crippen MR) is 95.5 cm³/mol. The fourth-order valence-electron chi connectivity index (χ4n) is 1.81. The van der Waals surface area contributed by atoms with Gasteiger partial charge in [-0.05, 0) is 30.3 Å². The second-order valence-corrected chi connectivity index (χ2v) is 6.47. The maximum Gasteiger partial charge on any atom is 0.270 e. The second kappa shape index (κ2) is 9.05. The molecule has 0 saturated heterocycles. The number of halogens is 1. The Morgan fingerprint density at radius 3 is 2.52 bits per heavy atom. The van der Waals surface area contributed by atoms with E-state index in [2.05, 4.69) is 10.9 Å². The quantitative estimate of drug-likeness (QED) is 0.456. The summed E-state index contributed by atoms with van der Waals surface area (Å²) >= 11 is 7.28. The number of nitrogens with one attached hydrogen (secondary N) is 2. The van der Waals surface area contributed by atoms with Crippen molar-refractivity contribution in [1.29, 1.82) is 0 Å². The molecule has 7 nitrogen and oxygen atoms in total. The van der Waals surface area contributed by atoms with Crippen molar-refractivity contribution in [2.45, 2.75) is 11.3 Å². The molecule has 0 saturated carbocycles. The average molecular weight is 380 g/mol. The number of rotatable bonds is 6. The van der Waals surface area contributed by atoms with E-state index in [4.69, 9.17) is 11.6 Å². The largest absolute Gasteiger partial charge is 0.273 e. The van der Waals surface area contributed by atoms with Crippen molar-refractivity contribution in [1.82, 2.24) is 10.9 Å². The Morgan fingerprint density at radius 2 is 1.84 bits per heavy atom. The van der Waals surface area contributed by atoms with Gasteiger partial charge in [-0.25, -0.2) is 0 Å². The van der Waals surface area contributed by atoms with Gasteiger partial charge in [0.25, 0.3) is 11.6 Å². The van der Waals surface area contributed by atoms with Crippen LogP contribution in [0.25, 0.3) is 0 Å². The first-order valence-electron chi connectivity index (χ1n) is 7.18. The Bertz CT molecular complexity index is 783. The number of benzene rings is 2. The molecule has 0 radical (unpaired) electrons. The Labute approximate surface area is 152 Å². The molecule has 0 aromatic heterocycles. The van der Waals surface area contributed by atoms with Crippen molar-refractivity contribution in [3.63, 3.8) is 0 Å². The SMILES string of the molecule is O=C(CCSc1ccc(Cl)cc1)NNC(=O)c1cccc([N+](=O)[O-])c1. The molecule has 0 fully saturated rings. The number of amides is 2. The minimum atomic E-state index is -0.623. The molecule has 25 heavy (non-hydrogen) atoms. The number of carbonyl (C=O) groups excluding carboxylic acids is 2. The summed E-state index contributed by atoms with van der Waals surface area (Å²) in [5.74, 6) is -0.456. The lowest BCUT2D eigenvalue weighted by Gasteiger charge is -2.07. The van der Waals surface area contributed by atoms with Gasteiger partial charge in [0.1, 0.15) is 0 Å². The summed E-state index contributed by atoms with van der Waals surface area (Å²) in [5.41, 5.74) is 4.41. The molecular weight excluding hydrogens is 366 g/mol. The van der Waals surface area contributed by atoms with Crippen LogP contribution in [0.1, 0.15) is 16.8 Å². The third-order valence-electron chi connectivity index (χ3n) is 3.05. The first kappa shape index (κ1) is 18.8. The fourth-order valence-corrected chi connectivity index (χ4v) is 2.79. The van der Waals surface area contributed by atoms with Crippen LogP contribution in [0.5, 0.6) is 0 Å². The van der Waals surface area contributed by atoms with Crippen LogP contribution in [0.15, 0.2) is 53.4 Å². The molecule has 2 aromatic rings. The monoisotopic (exact) mass is 379 g/mol. The number of hydrazine groups is 1. The molecule has 9 heteroatoms. The van der Waals surface area contributed by atoms with Gasteiger partial charge in [-0.2, -0.15) is 0 Å². The van der Waals surface area contributed by atoms with Gasteiger partial charge in [0.05, 0.1) is 4.92 Å². The van der Waals surface area contributed by atoms with Gasteiger partial charge in [0.15, 0.2) is 0 Å². The van der Waals surface area contributed by atoms with E-state index < -0.39 is 10.8 Å². The summed E-state index contributed by atoms with van der Waals surface area (Å²) in [5, 5.41) is 11.3. The number of hydrogen-bond donors (Lipinski definition) is 2. The zero-order chi connectivity index (χ0) is 18.2. The van der Waals surface area contributed by atoms with E-state index in [1.165, 1.54) is 30.0 Å². The van der Waals surface area contributed by atoms with Crippen LogP contribution in [0.3, 0.4) is 0 Å². The van der Waals surface area contributed by atoms with Crippen LogP contribution in [-0.2, 0) is 4.79 Å². The molecule has 0 aliphatic heterocycles. The standard InChI is InChI=1S/C16H14ClN3O4S/c17-12-4-6-14(7-5-12)25-9-8-15(21)18-19-16(22)11-2-1-3-13(10-11)20(23)24/h1-7,10H,8-9H2,(H,18,21)(H,19,22). The van der Waals surface area contributed by atoms with Crippen molar-refractivity contribution in [2.75, 3.05) is 5.75 Å². The van der Waals surface area contributed by atoms with E-state index in [1.807, 2.05) is 12.1 Å². The molecule has 0 bridgehead atoms. The van der Waals surface area contributed by atoms with E-state index in [0.29, 0.717) is 10.8 Å². The van der Waals surface area contributed by atoms with E-state index in [0.717, 1.165) is 11.0 Å². The summed E-state index contributed by atoms with van der Waals surface area (Å²) in [4.78, 5) is 34.7. The van der Waals surface area contributed by atoms with Crippen molar-refractivity contribution in [3.8, 4) is 0 Å². The highest BCUT2D eigenvalue weighted by molar-refractivity contribution is 7.99. The number of nitro groups is 1. The van der Waals surface area contributed by atoms with Gasteiger partial charge >= 0.3 is 0 Å². The van der Waals surface area contributed by atoms with Gasteiger partial charge in [-0.3, -0.25) is 30.6 Å². The Balaban J connectivity index is 1.75. The Kier molecular flexibility index (Phi) is 6.79. The summed E-state index contributed by atoms with van der Waals surface area (Å²) in [7, 11) is 0. The number of non-ortho nitro benzene ring substituents is 1. The Hall–Kier alpha value is -2.58. The minimum Gasteiger partial charge on any atom is -0.273 e. The normalized spacial score (nSPS) is 10.1. The van der Waals surface area contributed by atoms with Crippen molar-refractivity contribution in [2.24, 2.45) is 0 Å². The van der Waals surface area contributed by atoms with E-state index in [9.17, 15) is 19.7 Å². The molecule has 0 unspecified atom stereocenters. The molecule has 130 valence electrons. The zero-order valence-electron chi connectivity index (χ0n) is 12.9. The Morgan fingerprint density at radius 1 is 1.12 bits per heavy atom. The molecule has 2 amide bonds. The van der Waals surface area contributed by atoms with E-state index in [-0.39, 0.29) is 23.6 Å². The predicted octanol–water partition coefficient (Wildman–Crippen LogP) is 3.19. The zero-order valence-corrected chi connectivity index (χ0v) is 14.5. The van der Waals surface area contributed by atoms with Crippen LogP contribution < -0.4 is 10.9 Å².